The van der Waals surface area contributed by atoms with Gasteiger partial charge in [0.15, 0.2) is 0 Å². The Morgan fingerprint density at radius 1 is 0.792 bits per heavy atom. The van der Waals surface area contributed by atoms with Crippen molar-refractivity contribution in [2.45, 2.75) is 53.8 Å². The number of carbonyl (C=O) groups is 2. The van der Waals surface area contributed by atoms with Crippen LogP contribution in [0.4, 0.5) is 0 Å². The van der Waals surface area contributed by atoms with Gasteiger partial charge in [-0.25, -0.2) is 9.59 Å². The first-order valence-electron chi connectivity index (χ1n) is 8.15. The lowest BCUT2D eigenvalue weighted by molar-refractivity contribution is 0.0500. The van der Waals surface area contributed by atoms with Crippen molar-refractivity contribution in [3.63, 3.8) is 0 Å². The first kappa shape index (κ1) is 19.8. The highest BCUT2D eigenvalue weighted by molar-refractivity contribution is 5.98. The topological polar surface area (TPSA) is 71.1 Å². The summed E-state index contributed by atoms with van der Waals surface area (Å²) in [6.07, 6.45) is -0.352. The van der Waals surface area contributed by atoms with Crippen LogP contribution in [0.15, 0.2) is 12.1 Å². The largest absolute Gasteiger partial charge is 0.490 e. The van der Waals surface area contributed by atoms with E-state index >= 15 is 0 Å². The zero-order valence-corrected chi connectivity index (χ0v) is 15.2. The number of ether oxygens (including phenoxy) is 4. The van der Waals surface area contributed by atoms with E-state index < -0.39 is 11.9 Å². The number of hydrogen-bond acceptors (Lipinski definition) is 6. The van der Waals surface area contributed by atoms with E-state index in [0.29, 0.717) is 0 Å². The molecule has 0 saturated carbocycles. The zero-order valence-electron chi connectivity index (χ0n) is 15.2. The molecule has 0 saturated heterocycles. The summed E-state index contributed by atoms with van der Waals surface area (Å²) in [6.45, 7) is 11.2. The van der Waals surface area contributed by atoms with E-state index in [2.05, 4.69) is 0 Å². The summed E-state index contributed by atoms with van der Waals surface area (Å²) in [4.78, 5) is 24.4. The van der Waals surface area contributed by atoms with Crippen LogP contribution in [0.5, 0.6) is 11.5 Å². The van der Waals surface area contributed by atoms with E-state index in [4.69, 9.17) is 18.9 Å². The molecule has 6 heteroatoms. The van der Waals surface area contributed by atoms with Gasteiger partial charge in [0.05, 0.1) is 25.4 Å². The van der Waals surface area contributed by atoms with Crippen molar-refractivity contribution in [2.75, 3.05) is 13.2 Å². The van der Waals surface area contributed by atoms with E-state index in [0.717, 1.165) is 0 Å². The summed E-state index contributed by atoms with van der Waals surface area (Å²) in [5.74, 6) is -0.528. The summed E-state index contributed by atoms with van der Waals surface area (Å²) in [6, 6.07) is 2.95. The first-order valence-corrected chi connectivity index (χ1v) is 8.15. The maximum Gasteiger partial charge on any atom is 0.342 e. The molecule has 1 aromatic rings. The lowest BCUT2D eigenvalue weighted by atomic mass is 10.1. The lowest BCUT2D eigenvalue weighted by Crippen LogP contribution is -2.17. The molecule has 1 aromatic carbocycles. The Balaban J connectivity index is 3.45. The van der Waals surface area contributed by atoms with Gasteiger partial charge in [-0.15, -0.1) is 0 Å². The zero-order chi connectivity index (χ0) is 18.3. The quantitative estimate of drug-likeness (QED) is 0.674. The van der Waals surface area contributed by atoms with Crippen molar-refractivity contribution in [3.8, 4) is 11.5 Å². The summed E-state index contributed by atoms with van der Waals surface area (Å²) < 4.78 is 21.5. The Morgan fingerprint density at radius 2 is 1.12 bits per heavy atom. The van der Waals surface area contributed by atoms with Crippen molar-refractivity contribution in [1.82, 2.24) is 0 Å². The van der Waals surface area contributed by atoms with Gasteiger partial charge < -0.3 is 18.9 Å². The molecule has 0 aromatic heterocycles. The molecule has 0 bridgehead atoms. The smallest absolute Gasteiger partial charge is 0.342 e. The Bertz CT molecular complexity index is 525. The molecule has 0 unspecified atom stereocenters. The highest BCUT2D eigenvalue weighted by atomic mass is 16.5. The standard InChI is InChI=1S/C18H26O6/c1-7-21-17(19)13-9-16(24-12(5)6)14(18(20)22-8-2)10-15(13)23-11(3)4/h9-12H,7-8H2,1-6H3. The Labute approximate surface area is 143 Å². The average molecular weight is 338 g/mol. The third-order valence-electron chi connectivity index (χ3n) is 2.80. The monoisotopic (exact) mass is 338 g/mol. The number of rotatable bonds is 8. The summed E-state index contributed by atoms with van der Waals surface area (Å²) in [5.41, 5.74) is 0.434. The van der Waals surface area contributed by atoms with Crippen LogP contribution in [-0.4, -0.2) is 37.4 Å². The molecular formula is C18H26O6. The Hall–Kier alpha value is -2.24. The van der Waals surface area contributed by atoms with Crippen LogP contribution in [0.1, 0.15) is 62.3 Å². The lowest BCUT2D eigenvalue weighted by Gasteiger charge is -2.19. The van der Waals surface area contributed by atoms with Crippen LogP contribution in [0, 0.1) is 0 Å². The van der Waals surface area contributed by atoms with Gasteiger partial charge in [0, 0.05) is 0 Å². The molecule has 0 heterocycles. The molecule has 0 amide bonds. The molecule has 0 atom stereocenters. The van der Waals surface area contributed by atoms with Gasteiger partial charge in [-0.05, 0) is 53.7 Å². The van der Waals surface area contributed by atoms with Crippen molar-refractivity contribution in [1.29, 1.82) is 0 Å². The molecule has 6 nitrogen and oxygen atoms in total. The molecule has 0 aliphatic rings. The molecule has 0 aliphatic heterocycles. The van der Waals surface area contributed by atoms with Gasteiger partial charge in [-0.1, -0.05) is 0 Å². The second-order valence-corrected chi connectivity index (χ2v) is 5.62. The van der Waals surface area contributed by atoms with E-state index in [1.807, 2.05) is 27.7 Å². The number of benzene rings is 1. The van der Waals surface area contributed by atoms with Crippen LogP contribution >= 0.6 is 0 Å². The molecule has 0 radical (unpaired) electrons. The molecule has 1 rings (SSSR count). The fourth-order valence-corrected chi connectivity index (χ4v) is 2.00. The molecule has 0 aliphatic carbocycles. The van der Waals surface area contributed by atoms with E-state index in [9.17, 15) is 9.59 Å². The van der Waals surface area contributed by atoms with Crippen molar-refractivity contribution >= 4 is 11.9 Å². The number of esters is 2. The van der Waals surface area contributed by atoms with Gasteiger partial charge in [-0.3, -0.25) is 0 Å². The summed E-state index contributed by atoms with van der Waals surface area (Å²) in [5, 5.41) is 0. The fourth-order valence-electron chi connectivity index (χ4n) is 2.00. The van der Waals surface area contributed by atoms with Gasteiger partial charge in [0.25, 0.3) is 0 Å². The van der Waals surface area contributed by atoms with Crippen LogP contribution in [0.3, 0.4) is 0 Å². The van der Waals surface area contributed by atoms with E-state index in [-0.39, 0.29) is 48.0 Å². The van der Waals surface area contributed by atoms with Crippen molar-refractivity contribution < 1.29 is 28.5 Å². The van der Waals surface area contributed by atoms with Crippen LogP contribution in [-0.2, 0) is 9.47 Å². The maximum absolute atomic E-state index is 12.2. The molecule has 134 valence electrons. The minimum Gasteiger partial charge on any atom is -0.490 e. The van der Waals surface area contributed by atoms with E-state index in [1.165, 1.54) is 12.1 Å². The number of hydrogen-bond donors (Lipinski definition) is 0. The SMILES string of the molecule is CCOC(=O)c1cc(OC(C)C)c(C(=O)OCC)cc1OC(C)C. The third-order valence-corrected chi connectivity index (χ3v) is 2.80. The normalized spacial score (nSPS) is 10.7. The minimum atomic E-state index is -0.530. The van der Waals surface area contributed by atoms with Crippen molar-refractivity contribution in [3.05, 3.63) is 23.3 Å². The predicted molar refractivity (Wildman–Crippen MR) is 89.9 cm³/mol. The van der Waals surface area contributed by atoms with Crippen LogP contribution < -0.4 is 9.47 Å². The molecule has 0 fully saturated rings. The van der Waals surface area contributed by atoms with Crippen LogP contribution in [0.25, 0.3) is 0 Å². The predicted octanol–water partition coefficient (Wildman–Crippen LogP) is 3.61. The summed E-state index contributed by atoms with van der Waals surface area (Å²) in [7, 11) is 0. The molecule has 0 N–H and O–H groups in total. The molecule has 0 spiro atoms. The summed E-state index contributed by atoms with van der Waals surface area (Å²) >= 11 is 0. The van der Waals surface area contributed by atoms with Gasteiger partial charge in [0.2, 0.25) is 0 Å². The van der Waals surface area contributed by atoms with Gasteiger partial charge in [-0.2, -0.15) is 0 Å². The second-order valence-electron chi connectivity index (χ2n) is 5.62. The molecular weight excluding hydrogens is 312 g/mol. The Kier molecular flexibility index (Phi) is 7.55. The Morgan fingerprint density at radius 3 is 1.38 bits per heavy atom. The van der Waals surface area contributed by atoms with Gasteiger partial charge >= 0.3 is 11.9 Å². The third kappa shape index (κ3) is 5.44. The molecule has 24 heavy (non-hydrogen) atoms. The van der Waals surface area contributed by atoms with Gasteiger partial charge in [0.1, 0.15) is 22.6 Å². The fraction of sp³-hybridized carbons (Fsp3) is 0.556. The minimum absolute atomic E-state index is 0.176. The second kappa shape index (κ2) is 9.15. The average Bonchev–Trinajstić information content (AvgIpc) is 2.47. The highest BCUT2D eigenvalue weighted by Crippen LogP contribution is 2.32. The van der Waals surface area contributed by atoms with E-state index in [1.54, 1.807) is 13.8 Å². The highest BCUT2D eigenvalue weighted by Gasteiger charge is 2.24. The maximum atomic E-state index is 12.2. The van der Waals surface area contributed by atoms with Crippen LogP contribution in [0.2, 0.25) is 0 Å². The number of carbonyl (C=O) groups excluding carboxylic acids is 2. The first-order chi connectivity index (χ1) is 11.3. The van der Waals surface area contributed by atoms with Crippen molar-refractivity contribution in [2.24, 2.45) is 0 Å².